The molecule has 0 nitrogen and oxygen atoms in total. The number of hydrogen-bond acceptors (Lipinski definition) is 1. The number of thioether (sulfide) groups is 1. The highest BCUT2D eigenvalue weighted by Crippen LogP contribution is 2.30. The van der Waals surface area contributed by atoms with Crippen LogP contribution in [0.2, 0.25) is 0 Å². The van der Waals surface area contributed by atoms with Crippen LogP contribution in [0.4, 0.5) is 0 Å². The van der Waals surface area contributed by atoms with Crippen molar-refractivity contribution in [3.63, 3.8) is 0 Å². The molecule has 1 aliphatic heterocycles. The molecule has 12 heavy (non-hydrogen) atoms. The molecule has 0 radical (unpaired) electrons. The molecule has 1 aromatic rings. The first-order valence-corrected chi connectivity index (χ1v) is 5.27. The Labute approximate surface area is 77.7 Å². The monoisotopic (exact) mass is 176 g/mol. The van der Waals surface area contributed by atoms with Crippen LogP contribution >= 0.6 is 11.8 Å². The predicted octanol–water partition coefficient (Wildman–Crippen LogP) is 3.37. The van der Waals surface area contributed by atoms with Gasteiger partial charge in [0.2, 0.25) is 0 Å². The predicted molar refractivity (Wildman–Crippen MR) is 55.6 cm³/mol. The first kappa shape index (κ1) is 7.93. The van der Waals surface area contributed by atoms with Crippen molar-refractivity contribution in [1.82, 2.24) is 0 Å². The molecule has 0 saturated carbocycles. The Hall–Kier alpha value is -0.690. The van der Waals surface area contributed by atoms with E-state index in [0.717, 1.165) is 0 Å². The van der Waals surface area contributed by atoms with Crippen molar-refractivity contribution in [3.05, 3.63) is 35.9 Å². The minimum atomic E-state index is 1.24. The Kier molecular flexibility index (Phi) is 2.22. The van der Waals surface area contributed by atoms with E-state index in [2.05, 4.69) is 24.8 Å². The number of aryl methyl sites for hydroxylation is 1. The highest BCUT2D eigenvalue weighted by Gasteiger charge is 2.08. The Morgan fingerprint density at radius 3 is 3.17 bits per heavy atom. The quantitative estimate of drug-likeness (QED) is 0.632. The number of fused-ring (bicyclic) bond motifs is 1. The van der Waals surface area contributed by atoms with Crippen LogP contribution < -0.4 is 0 Å². The molecule has 0 amide bonds. The molecule has 2 rings (SSSR count). The van der Waals surface area contributed by atoms with E-state index >= 15 is 0 Å². The van der Waals surface area contributed by atoms with Crippen LogP contribution in [-0.2, 0) is 6.42 Å². The molecule has 0 aromatic heterocycles. The number of benzene rings is 1. The molecule has 1 heteroatoms. The average Bonchev–Trinajstić information content (AvgIpc) is 2.17. The third-order valence-corrected chi connectivity index (χ3v) is 3.37. The minimum Gasteiger partial charge on any atom is -0.126 e. The third-order valence-electron chi connectivity index (χ3n) is 2.17. The van der Waals surface area contributed by atoms with E-state index in [1.54, 1.807) is 0 Å². The van der Waals surface area contributed by atoms with E-state index in [9.17, 15) is 0 Å². The lowest BCUT2D eigenvalue weighted by Crippen LogP contribution is -1.97. The first-order valence-electron chi connectivity index (χ1n) is 4.28. The van der Waals surface area contributed by atoms with Crippen molar-refractivity contribution < 1.29 is 0 Å². The van der Waals surface area contributed by atoms with Gasteiger partial charge in [-0.1, -0.05) is 24.8 Å². The van der Waals surface area contributed by atoms with E-state index in [1.807, 2.05) is 17.8 Å². The van der Waals surface area contributed by atoms with Crippen LogP contribution in [0.25, 0.3) is 6.08 Å². The van der Waals surface area contributed by atoms with E-state index in [4.69, 9.17) is 0 Å². The fourth-order valence-electron chi connectivity index (χ4n) is 1.51. The van der Waals surface area contributed by atoms with Gasteiger partial charge in [0.15, 0.2) is 0 Å². The molecular formula is C11H12S. The molecular weight excluding hydrogens is 164 g/mol. The summed E-state index contributed by atoms with van der Waals surface area (Å²) in [4.78, 5) is 1.46. The van der Waals surface area contributed by atoms with Crippen LogP contribution in [0.1, 0.15) is 17.5 Å². The van der Waals surface area contributed by atoms with Gasteiger partial charge < -0.3 is 0 Å². The zero-order chi connectivity index (χ0) is 8.39. The molecule has 0 saturated heterocycles. The summed E-state index contributed by atoms with van der Waals surface area (Å²) in [6.45, 7) is 3.77. The van der Waals surface area contributed by atoms with E-state index in [-0.39, 0.29) is 0 Å². The van der Waals surface area contributed by atoms with Crippen molar-refractivity contribution >= 4 is 17.8 Å². The van der Waals surface area contributed by atoms with E-state index in [1.165, 1.54) is 34.6 Å². The summed E-state index contributed by atoms with van der Waals surface area (Å²) >= 11 is 1.97. The molecule has 0 spiro atoms. The molecule has 1 aliphatic rings. The fraction of sp³-hybridized carbons (Fsp3) is 0.273. The smallest absolute Gasteiger partial charge is 0.0104 e. The summed E-state index contributed by atoms with van der Waals surface area (Å²) in [5.74, 6) is 1.28. The van der Waals surface area contributed by atoms with Gasteiger partial charge in [-0.25, -0.2) is 0 Å². The first-order chi connectivity index (χ1) is 5.90. The van der Waals surface area contributed by atoms with Gasteiger partial charge in [-0.15, -0.1) is 11.8 Å². The molecule has 0 bridgehead atoms. The molecule has 0 atom stereocenters. The molecule has 1 heterocycles. The van der Waals surface area contributed by atoms with Crippen LogP contribution in [0, 0.1) is 0 Å². The third kappa shape index (κ3) is 1.42. The Bertz CT molecular complexity index is 302. The lowest BCUT2D eigenvalue weighted by Gasteiger charge is -2.14. The maximum Gasteiger partial charge on any atom is 0.0104 e. The second kappa shape index (κ2) is 3.36. The van der Waals surface area contributed by atoms with Crippen LogP contribution in [0.3, 0.4) is 0 Å². The summed E-state index contributed by atoms with van der Waals surface area (Å²) in [6, 6.07) is 6.62. The Morgan fingerprint density at radius 2 is 2.33 bits per heavy atom. The standard InChI is InChI=1S/C11H12S/c1-2-9-5-6-11-10(8-9)4-3-7-12-11/h2,5-6,8H,1,3-4,7H2. The van der Waals surface area contributed by atoms with Gasteiger partial charge in [-0.2, -0.15) is 0 Å². The van der Waals surface area contributed by atoms with Gasteiger partial charge in [-0.05, 0) is 35.8 Å². The number of rotatable bonds is 1. The van der Waals surface area contributed by atoms with Crippen LogP contribution in [0.15, 0.2) is 29.7 Å². The van der Waals surface area contributed by atoms with Gasteiger partial charge in [-0.3, -0.25) is 0 Å². The van der Waals surface area contributed by atoms with Gasteiger partial charge in [0.1, 0.15) is 0 Å². The minimum absolute atomic E-state index is 1.24. The molecule has 0 unspecified atom stereocenters. The van der Waals surface area contributed by atoms with Crippen molar-refractivity contribution in [2.45, 2.75) is 17.7 Å². The SMILES string of the molecule is C=Cc1ccc2c(c1)CCCS2. The van der Waals surface area contributed by atoms with Crippen molar-refractivity contribution in [2.24, 2.45) is 0 Å². The fourth-order valence-corrected chi connectivity index (χ4v) is 2.53. The van der Waals surface area contributed by atoms with E-state index in [0.29, 0.717) is 0 Å². The van der Waals surface area contributed by atoms with Crippen molar-refractivity contribution in [2.75, 3.05) is 5.75 Å². The van der Waals surface area contributed by atoms with Gasteiger partial charge >= 0.3 is 0 Å². The zero-order valence-electron chi connectivity index (χ0n) is 7.05. The van der Waals surface area contributed by atoms with Gasteiger partial charge in [0.25, 0.3) is 0 Å². The molecule has 0 aliphatic carbocycles. The van der Waals surface area contributed by atoms with E-state index < -0.39 is 0 Å². The number of hydrogen-bond donors (Lipinski definition) is 0. The second-order valence-electron chi connectivity index (χ2n) is 3.02. The largest absolute Gasteiger partial charge is 0.126 e. The van der Waals surface area contributed by atoms with Crippen molar-refractivity contribution in [3.8, 4) is 0 Å². The lowest BCUT2D eigenvalue weighted by molar-refractivity contribution is 0.889. The van der Waals surface area contributed by atoms with Crippen molar-refractivity contribution in [1.29, 1.82) is 0 Å². The Morgan fingerprint density at radius 1 is 1.42 bits per heavy atom. The van der Waals surface area contributed by atoms with Crippen LogP contribution in [-0.4, -0.2) is 5.75 Å². The topological polar surface area (TPSA) is 0 Å². The lowest BCUT2D eigenvalue weighted by atomic mass is 10.1. The summed E-state index contributed by atoms with van der Waals surface area (Å²) in [7, 11) is 0. The maximum absolute atomic E-state index is 3.77. The normalized spacial score (nSPS) is 15.3. The summed E-state index contributed by atoms with van der Waals surface area (Å²) in [5.41, 5.74) is 2.75. The summed E-state index contributed by atoms with van der Waals surface area (Å²) < 4.78 is 0. The highest BCUT2D eigenvalue weighted by molar-refractivity contribution is 7.99. The maximum atomic E-state index is 3.77. The van der Waals surface area contributed by atoms with Gasteiger partial charge in [0.05, 0.1) is 0 Å². The molecule has 62 valence electrons. The summed E-state index contributed by atoms with van der Waals surface area (Å²) in [5, 5.41) is 0. The Balaban J connectivity index is 2.42. The van der Waals surface area contributed by atoms with Crippen LogP contribution in [0.5, 0.6) is 0 Å². The van der Waals surface area contributed by atoms with Gasteiger partial charge in [0, 0.05) is 4.90 Å². The molecule has 0 fully saturated rings. The molecule has 1 aromatic carbocycles. The average molecular weight is 176 g/mol. The molecule has 0 N–H and O–H groups in total. The highest BCUT2D eigenvalue weighted by atomic mass is 32.2. The second-order valence-corrected chi connectivity index (χ2v) is 4.16. The summed E-state index contributed by atoms with van der Waals surface area (Å²) in [6.07, 6.45) is 4.47. The zero-order valence-corrected chi connectivity index (χ0v) is 7.86.